The summed E-state index contributed by atoms with van der Waals surface area (Å²) in [7, 11) is -4.11. The van der Waals surface area contributed by atoms with Gasteiger partial charge in [0.05, 0.1) is 20.4 Å². The van der Waals surface area contributed by atoms with Gasteiger partial charge < -0.3 is 0 Å². The van der Waals surface area contributed by atoms with Crippen molar-refractivity contribution >= 4 is 53.7 Å². The number of carbonyl (C=O) groups excluding carboxylic acids is 1. The maximum atomic E-state index is 13.6. The van der Waals surface area contributed by atoms with Crippen molar-refractivity contribution < 1.29 is 26.4 Å². The van der Waals surface area contributed by atoms with Gasteiger partial charge in [-0.2, -0.15) is 13.2 Å². The molecule has 1 saturated carbocycles. The second kappa shape index (κ2) is 9.41. The lowest BCUT2D eigenvalue weighted by atomic mass is 9.86. The predicted octanol–water partition coefficient (Wildman–Crippen LogP) is 5.93. The number of allylic oxidation sites excluding steroid dienone is 1. The Kier molecular flexibility index (Phi) is 7.27. The van der Waals surface area contributed by atoms with E-state index in [-0.39, 0.29) is 17.1 Å². The Balaban J connectivity index is 2.08. The maximum Gasteiger partial charge on any atom is 0.417 e. The normalized spacial score (nSPS) is 16.4. The zero-order valence-corrected chi connectivity index (χ0v) is 19.7. The molecule has 0 unspecified atom stereocenters. The molecule has 0 bridgehead atoms. The highest BCUT2D eigenvalue weighted by molar-refractivity contribution is 9.11. The van der Waals surface area contributed by atoms with Crippen LogP contribution < -0.4 is 5.32 Å². The highest BCUT2D eigenvalue weighted by Gasteiger charge is 2.37. The third-order valence-corrected chi connectivity index (χ3v) is 7.54. The number of amides is 1. The Morgan fingerprint density at radius 1 is 1.26 bits per heavy atom. The molecular formula is C20H20BrF3N2O3S2. The van der Waals surface area contributed by atoms with Gasteiger partial charge in [0, 0.05) is 11.8 Å². The number of sulfone groups is 1. The van der Waals surface area contributed by atoms with Crippen molar-refractivity contribution in [3.8, 4) is 0 Å². The number of hydrogen-bond donors (Lipinski definition) is 1. The van der Waals surface area contributed by atoms with E-state index >= 15 is 0 Å². The maximum absolute atomic E-state index is 13.6. The predicted molar refractivity (Wildman–Crippen MR) is 118 cm³/mol. The molecule has 0 atom stereocenters. The molecule has 31 heavy (non-hydrogen) atoms. The SMILES string of the molecule is CS(=O)(=O)c1ccc(/C(=C\C2CCCCC2)C(=O)Nc2ncc(Br)s2)cc1C(F)(F)F. The molecule has 0 radical (unpaired) electrons. The molecule has 0 spiro atoms. The number of halogens is 4. The number of aromatic nitrogens is 1. The zero-order valence-electron chi connectivity index (χ0n) is 16.5. The number of nitrogens with zero attached hydrogens (tertiary/aromatic N) is 1. The minimum Gasteiger partial charge on any atom is -0.298 e. The lowest BCUT2D eigenvalue weighted by Crippen LogP contribution is -2.17. The van der Waals surface area contributed by atoms with Gasteiger partial charge in [-0.15, -0.1) is 0 Å². The van der Waals surface area contributed by atoms with Crippen molar-refractivity contribution in [2.45, 2.75) is 43.2 Å². The van der Waals surface area contributed by atoms with Crippen LogP contribution in [0.15, 0.2) is 39.2 Å². The molecule has 168 valence electrons. The number of alkyl halides is 3. The van der Waals surface area contributed by atoms with Gasteiger partial charge in [0.1, 0.15) is 0 Å². The van der Waals surface area contributed by atoms with Crippen LogP contribution in [0.1, 0.15) is 43.2 Å². The molecule has 1 heterocycles. The van der Waals surface area contributed by atoms with E-state index in [1.807, 2.05) is 0 Å². The molecular weight excluding hydrogens is 517 g/mol. The van der Waals surface area contributed by atoms with Crippen LogP contribution in [0.3, 0.4) is 0 Å². The first kappa shape index (κ1) is 23.9. The summed E-state index contributed by atoms with van der Waals surface area (Å²) in [4.78, 5) is 16.2. The molecule has 2 aromatic rings. The second-order valence-corrected chi connectivity index (χ2v) is 11.8. The summed E-state index contributed by atoms with van der Waals surface area (Å²) in [5.41, 5.74) is -1.20. The van der Waals surface area contributed by atoms with Crippen molar-refractivity contribution in [3.63, 3.8) is 0 Å². The monoisotopic (exact) mass is 536 g/mol. The molecule has 1 aliphatic carbocycles. The number of nitrogens with one attached hydrogen (secondary N) is 1. The first-order valence-electron chi connectivity index (χ1n) is 9.51. The minimum absolute atomic E-state index is 0.0124. The first-order valence-corrected chi connectivity index (χ1v) is 13.0. The van der Waals surface area contributed by atoms with E-state index in [9.17, 15) is 26.4 Å². The van der Waals surface area contributed by atoms with E-state index in [1.165, 1.54) is 23.6 Å². The van der Waals surface area contributed by atoms with Crippen LogP contribution in [-0.2, 0) is 20.8 Å². The van der Waals surface area contributed by atoms with Crippen LogP contribution in [0, 0.1) is 5.92 Å². The lowest BCUT2D eigenvalue weighted by molar-refractivity contribution is -0.139. The number of rotatable bonds is 5. The Labute approximate surface area is 190 Å². The van der Waals surface area contributed by atoms with Crippen LogP contribution in [0.2, 0.25) is 0 Å². The molecule has 1 aromatic heterocycles. The van der Waals surface area contributed by atoms with Gasteiger partial charge in [-0.1, -0.05) is 42.7 Å². The summed E-state index contributed by atoms with van der Waals surface area (Å²) >= 11 is 4.42. The van der Waals surface area contributed by atoms with E-state index in [4.69, 9.17) is 0 Å². The van der Waals surface area contributed by atoms with Crippen molar-refractivity contribution in [3.05, 3.63) is 45.4 Å². The molecule has 1 aliphatic rings. The third kappa shape index (κ3) is 6.17. The van der Waals surface area contributed by atoms with Crippen LogP contribution in [-0.4, -0.2) is 25.6 Å². The largest absolute Gasteiger partial charge is 0.417 e. The molecule has 3 rings (SSSR count). The molecule has 5 nitrogen and oxygen atoms in total. The molecule has 1 aromatic carbocycles. The fourth-order valence-corrected chi connectivity index (χ4v) is 5.55. The van der Waals surface area contributed by atoms with Gasteiger partial charge in [-0.25, -0.2) is 13.4 Å². The van der Waals surface area contributed by atoms with Crippen LogP contribution >= 0.6 is 27.3 Å². The number of benzene rings is 1. The van der Waals surface area contributed by atoms with E-state index in [2.05, 4.69) is 26.2 Å². The molecule has 0 aliphatic heterocycles. The summed E-state index contributed by atoms with van der Waals surface area (Å²) in [6.07, 6.45) is 3.78. The second-order valence-electron chi connectivity index (χ2n) is 7.38. The summed E-state index contributed by atoms with van der Waals surface area (Å²) in [5, 5.41) is 2.93. The van der Waals surface area contributed by atoms with Gasteiger partial charge >= 0.3 is 6.18 Å². The van der Waals surface area contributed by atoms with Gasteiger partial charge in [0.2, 0.25) is 0 Å². The van der Waals surface area contributed by atoms with Crippen LogP contribution in [0.5, 0.6) is 0 Å². The minimum atomic E-state index is -4.89. The number of thiazole rings is 1. The van der Waals surface area contributed by atoms with Crippen LogP contribution in [0.25, 0.3) is 5.57 Å². The number of anilines is 1. The van der Waals surface area contributed by atoms with Crippen molar-refractivity contribution in [1.82, 2.24) is 4.98 Å². The van der Waals surface area contributed by atoms with Gasteiger partial charge in [0.25, 0.3) is 5.91 Å². The molecule has 1 amide bonds. The van der Waals surface area contributed by atoms with Crippen molar-refractivity contribution in [2.24, 2.45) is 5.92 Å². The Hall–Kier alpha value is -1.72. The molecule has 0 saturated heterocycles. The van der Waals surface area contributed by atoms with Gasteiger partial charge in [0.15, 0.2) is 15.0 Å². The standard InChI is InChI=1S/C20H20BrF3N2O3S2/c1-31(28,29)16-8-7-13(10-15(16)20(22,23)24)14(9-12-5-3-2-4-6-12)18(27)26-19-25-11-17(21)30-19/h7-12H,2-6H2,1H3,(H,25,26,27)/b14-9+. The highest BCUT2D eigenvalue weighted by atomic mass is 79.9. The first-order chi connectivity index (χ1) is 14.4. The fraction of sp³-hybridized carbons (Fsp3) is 0.400. The summed E-state index contributed by atoms with van der Waals surface area (Å²) in [6.45, 7) is 0. The quantitative estimate of drug-likeness (QED) is 0.480. The van der Waals surface area contributed by atoms with Gasteiger partial charge in [-0.3, -0.25) is 10.1 Å². The van der Waals surface area contributed by atoms with Crippen molar-refractivity contribution in [2.75, 3.05) is 11.6 Å². The van der Waals surface area contributed by atoms with E-state index in [0.717, 1.165) is 50.5 Å². The summed E-state index contributed by atoms with van der Waals surface area (Å²) in [6, 6.07) is 2.90. The zero-order chi connectivity index (χ0) is 22.8. The van der Waals surface area contributed by atoms with E-state index in [1.54, 1.807) is 6.08 Å². The van der Waals surface area contributed by atoms with Gasteiger partial charge in [-0.05, 0) is 52.4 Å². The van der Waals surface area contributed by atoms with Crippen LogP contribution in [0.4, 0.5) is 18.3 Å². The third-order valence-electron chi connectivity index (χ3n) is 4.99. The molecule has 1 N–H and O–H groups in total. The van der Waals surface area contributed by atoms with E-state index in [0.29, 0.717) is 8.92 Å². The lowest BCUT2D eigenvalue weighted by Gasteiger charge is -2.20. The average Bonchev–Trinajstić information content (AvgIpc) is 3.09. The number of carbonyl (C=O) groups is 1. The topological polar surface area (TPSA) is 76.1 Å². The Morgan fingerprint density at radius 3 is 2.48 bits per heavy atom. The average molecular weight is 537 g/mol. The summed E-state index contributed by atoms with van der Waals surface area (Å²) < 4.78 is 65.3. The Morgan fingerprint density at radius 2 is 1.94 bits per heavy atom. The molecule has 11 heteroatoms. The fourth-order valence-electron chi connectivity index (χ4n) is 3.56. The summed E-state index contributed by atoms with van der Waals surface area (Å²) in [5.74, 6) is -0.533. The molecule has 1 fully saturated rings. The van der Waals surface area contributed by atoms with E-state index < -0.39 is 32.4 Å². The highest BCUT2D eigenvalue weighted by Crippen LogP contribution is 2.37. The Bertz CT molecular complexity index is 1110. The van der Waals surface area contributed by atoms with Crippen molar-refractivity contribution in [1.29, 1.82) is 0 Å². The smallest absolute Gasteiger partial charge is 0.298 e. The number of hydrogen-bond acceptors (Lipinski definition) is 5.